The summed E-state index contributed by atoms with van der Waals surface area (Å²) in [5.41, 5.74) is 5.06. The van der Waals surface area contributed by atoms with Crippen molar-refractivity contribution in [2.24, 2.45) is 0 Å². The van der Waals surface area contributed by atoms with E-state index in [1.165, 1.54) is 43.1 Å². The van der Waals surface area contributed by atoms with Crippen LogP contribution >= 0.6 is 0 Å². The molecule has 0 atom stereocenters. The Bertz CT molecular complexity index is 2550. The molecule has 0 saturated heterocycles. The van der Waals surface area contributed by atoms with Crippen molar-refractivity contribution >= 4 is 53.9 Å². The van der Waals surface area contributed by atoms with Gasteiger partial charge in [-0.3, -0.25) is 0 Å². The van der Waals surface area contributed by atoms with E-state index in [4.69, 9.17) is 9.97 Å². The number of hydrogen-bond donors (Lipinski definition) is 0. The lowest BCUT2D eigenvalue weighted by Gasteiger charge is -2.16. The third-order valence-corrected chi connectivity index (χ3v) is 8.83. The van der Waals surface area contributed by atoms with Crippen LogP contribution in [0.25, 0.3) is 87.8 Å². The number of benzene rings is 8. The van der Waals surface area contributed by atoms with Crippen molar-refractivity contribution in [3.63, 3.8) is 0 Å². The molecule has 0 radical (unpaired) electrons. The zero-order valence-electron chi connectivity index (χ0n) is 23.9. The van der Waals surface area contributed by atoms with E-state index in [-0.39, 0.29) is 0 Å². The molecule has 2 nitrogen and oxygen atoms in total. The molecule has 2 heteroatoms. The third kappa shape index (κ3) is 3.89. The van der Waals surface area contributed by atoms with Gasteiger partial charge in [0.15, 0.2) is 5.82 Å². The molecule has 9 aromatic rings. The lowest BCUT2D eigenvalue weighted by molar-refractivity contribution is 1.19. The van der Waals surface area contributed by atoms with E-state index >= 15 is 0 Å². The van der Waals surface area contributed by atoms with Crippen LogP contribution in [0.4, 0.5) is 0 Å². The van der Waals surface area contributed by atoms with E-state index in [0.717, 1.165) is 44.7 Å². The molecular weight excluding hydrogens is 532 g/mol. The first-order valence-corrected chi connectivity index (χ1v) is 15.0. The molecule has 0 aliphatic heterocycles. The van der Waals surface area contributed by atoms with Crippen LogP contribution in [-0.2, 0) is 0 Å². The summed E-state index contributed by atoms with van der Waals surface area (Å²) < 4.78 is 0. The molecule has 0 aliphatic rings. The Morgan fingerprint density at radius 2 is 0.886 bits per heavy atom. The molecular formula is C42H26N2. The van der Waals surface area contributed by atoms with Crippen LogP contribution in [0.3, 0.4) is 0 Å². The minimum atomic E-state index is 0.732. The van der Waals surface area contributed by atoms with E-state index < -0.39 is 0 Å². The van der Waals surface area contributed by atoms with Crippen molar-refractivity contribution in [2.75, 3.05) is 0 Å². The second-order valence-electron chi connectivity index (χ2n) is 11.4. The molecule has 44 heavy (non-hydrogen) atoms. The molecule has 0 aliphatic carbocycles. The lowest BCUT2D eigenvalue weighted by atomic mass is 9.92. The summed E-state index contributed by atoms with van der Waals surface area (Å²) in [7, 11) is 0. The molecule has 1 aromatic heterocycles. The zero-order valence-corrected chi connectivity index (χ0v) is 23.9. The molecule has 0 amide bonds. The molecule has 0 N–H and O–H groups in total. The normalized spacial score (nSPS) is 11.6. The summed E-state index contributed by atoms with van der Waals surface area (Å²) in [4.78, 5) is 10.7. The topological polar surface area (TPSA) is 25.8 Å². The van der Waals surface area contributed by atoms with Gasteiger partial charge in [-0.1, -0.05) is 140 Å². The van der Waals surface area contributed by atoms with Crippen molar-refractivity contribution in [3.8, 4) is 33.9 Å². The van der Waals surface area contributed by atoms with Gasteiger partial charge < -0.3 is 0 Å². The molecule has 0 spiro atoms. The van der Waals surface area contributed by atoms with Gasteiger partial charge in [0.05, 0.1) is 11.4 Å². The first-order chi connectivity index (χ1) is 21.8. The summed E-state index contributed by atoms with van der Waals surface area (Å²) in [6.07, 6.45) is 0. The molecule has 0 bridgehead atoms. The molecule has 0 saturated carbocycles. The highest BCUT2D eigenvalue weighted by molar-refractivity contribution is 6.20. The van der Waals surface area contributed by atoms with Crippen LogP contribution in [0.1, 0.15) is 0 Å². The highest BCUT2D eigenvalue weighted by atomic mass is 14.9. The summed E-state index contributed by atoms with van der Waals surface area (Å²) in [6.45, 7) is 0. The first kappa shape index (κ1) is 24.7. The van der Waals surface area contributed by atoms with Crippen molar-refractivity contribution in [1.29, 1.82) is 0 Å². The summed E-state index contributed by atoms with van der Waals surface area (Å²) in [6, 6.07) is 56.1. The molecule has 8 aromatic carbocycles. The Balaban J connectivity index is 1.42. The fourth-order valence-electron chi connectivity index (χ4n) is 6.78. The van der Waals surface area contributed by atoms with Crippen molar-refractivity contribution in [3.05, 3.63) is 158 Å². The van der Waals surface area contributed by atoms with Gasteiger partial charge in [-0.15, -0.1) is 0 Å². The maximum atomic E-state index is 5.43. The summed E-state index contributed by atoms with van der Waals surface area (Å²) in [5.74, 6) is 0.732. The number of rotatable bonds is 3. The fourth-order valence-corrected chi connectivity index (χ4v) is 6.78. The molecule has 0 fully saturated rings. The van der Waals surface area contributed by atoms with Crippen LogP contribution in [0.5, 0.6) is 0 Å². The highest BCUT2D eigenvalue weighted by Crippen LogP contribution is 2.41. The fraction of sp³-hybridized carbons (Fsp3) is 0. The minimum Gasteiger partial charge on any atom is -0.228 e. The average Bonchev–Trinajstić information content (AvgIpc) is 3.10. The second-order valence-corrected chi connectivity index (χ2v) is 11.4. The Labute approximate surface area is 254 Å². The Hall–Kier alpha value is -5.86. The van der Waals surface area contributed by atoms with Crippen LogP contribution in [0.15, 0.2) is 158 Å². The predicted molar refractivity (Wildman–Crippen MR) is 186 cm³/mol. The van der Waals surface area contributed by atoms with Crippen LogP contribution < -0.4 is 0 Å². The van der Waals surface area contributed by atoms with Gasteiger partial charge in [0.25, 0.3) is 0 Å². The van der Waals surface area contributed by atoms with Crippen molar-refractivity contribution in [1.82, 2.24) is 9.97 Å². The van der Waals surface area contributed by atoms with Crippen molar-refractivity contribution in [2.45, 2.75) is 0 Å². The maximum Gasteiger partial charge on any atom is 0.161 e. The SMILES string of the molecule is c1ccc(-c2cc(-c3cc4ccccc4c4ccccc34)nc(-c3c4ccccc4cc4c3ccc3ccccc34)n2)cc1. The number of nitrogens with zero attached hydrogens (tertiary/aromatic N) is 2. The van der Waals surface area contributed by atoms with Gasteiger partial charge >= 0.3 is 0 Å². The second kappa shape index (κ2) is 9.86. The average molecular weight is 559 g/mol. The summed E-state index contributed by atoms with van der Waals surface area (Å²) >= 11 is 0. The first-order valence-electron chi connectivity index (χ1n) is 15.0. The van der Waals surface area contributed by atoms with E-state index in [9.17, 15) is 0 Å². The van der Waals surface area contributed by atoms with Gasteiger partial charge in [-0.25, -0.2) is 9.97 Å². The quantitative estimate of drug-likeness (QED) is 0.159. The predicted octanol–water partition coefficient (Wildman–Crippen LogP) is 11.2. The van der Waals surface area contributed by atoms with Gasteiger partial charge in [0.1, 0.15) is 0 Å². The summed E-state index contributed by atoms with van der Waals surface area (Å²) in [5, 5.41) is 12.0. The van der Waals surface area contributed by atoms with Gasteiger partial charge in [0, 0.05) is 16.7 Å². The van der Waals surface area contributed by atoms with Crippen LogP contribution in [0, 0.1) is 0 Å². The third-order valence-electron chi connectivity index (χ3n) is 8.83. The number of fused-ring (bicyclic) bond motifs is 7. The Morgan fingerprint density at radius 3 is 1.66 bits per heavy atom. The van der Waals surface area contributed by atoms with E-state index in [1.807, 2.05) is 6.07 Å². The zero-order chi connectivity index (χ0) is 29.0. The van der Waals surface area contributed by atoms with Crippen LogP contribution in [0.2, 0.25) is 0 Å². The Kier molecular flexibility index (Phi) is 5.54. The monoisotopic (exact) mass is 558 g/mol. The van der Waals surface area contributed by atoms with E-state index in [2.05, 4.69) is 152 Å². The molecule has 1 heterocycles. The standard InChI is InChI=1S/C42H26N2/c1-2-13-28(14-3-1)39-26-40(38-25-29-15-5-8-18-32(29)34-20-10-11-21-35(34)38)44-42(43-39)41-33-19-9-6-16-30(33)24-37-31-17-7-4-12-27(31)22-23-36(37)41/h1-26H. The molecule has 204 valence electrons. The Morgan fingerprint density at radius 1 is 0.318 bits per heavy atom. The number of aromatic nitrogens is 2. The highest BCUT2D eigenvalue weighted by Gasteiger charge is 2.18. The van der Waals surface area contributed by atoms with Crippen molar-refractivity contribution < 1.29 is 0 Å². The lowest BCUT2D eigenvalue weighted by Crippen LogP contribution is -1.98. The van der Waals surface area contributed by atoms with Crippen LogP contribution in [-0.4, -0.2) is 9.97 Å². The van der Waals surface area contributed by atoms with E-state index in [0.29, 0.717) is 0 Å². The maximum absolute atomic E-state index is 5.43. The van der Waals surface area contributed by atoms with Gasteiger partial charge in [-0.2, -0.15) is 0 Å². The van der Waals surface area contributed by atoms with Gasteiger partial charge in [0.2, 0.25) is 0 Å². The smallest absolute Gasteiger partial charge is 0.161 e. The molecule has 0 unspecified atom stereocenters. The van der Waals surface area contributed by atoms with Gasteiger partial charge in [-0.05, 0) is 72.1 Å². The number of hydrogen-bond acceptors (Lipinski definition) is 2. The largest absolute Gasteiger partial charge is 0.228 e. The van der Waals surface area contributed by atoms with E-state index in [1.54, 1.807) is 0 Å². The molecule has 9 rings (SSSR count). The minimum absolute atomic E-state index is 0.732.